The highest BCUT2D eigenvalue weighted by Crippen LogP contribution is 2.25. The molecular formula is C40H70N10O11. The molecule has 12 N–H and O–H groups in total. The van der Waals surface area contributed by atoms with Crippen molar-refractivity contribution in [3.8, 4) is 0 Å². The predicted molar refractivity (Wildman–Crippen MR) is 223 cm³/mol. The molecule has 2 fully saturated rings. The Bertz CT molecular complexity index is 1560. The van der Waals surface area contributed by atoms with Crippen molar-refractivity contribution in [3.63, 3.8) is 0 Å². The molecule has 2 saturated heterocycles. The summed E-state index contributed by atoms with van der Waals surface area (Å²) in [5.41, 5.74) is 11.4. The van der Waals surface area contributed by atoms with E-state index in [4.69, 9.17) is 11.5 Å². The van der Waals surface area contributed by atoms with Gasteiger partial charge in [-0.3, -0.25) is 38.4 Å². The lowest BCUT2D eigenvalue weighted by molar-refractivity contribution is -0.146. The molecule has 0 radical (unpaired) electrons. The van der Waals surface area contributed by atoms with Gasteiger partial charge < -0.3 is 63.4 Å². The van der Waals surface area contributed by atoms with Crippen molar-refractivity contribution in [2.45, 2.75) is 161 Å². The van der Waals surface area contributed by atoms with Crippen molar-refractivity contribution in [2.75, 3.05) is 26.2 Å². The van der Waals surface area contributed by atoms with E-state index in [9.17, 15) is 53.4 Å². The number of amides is 8. The van der Waals surface area contributed by atoms with Crippen LogP contribution in [0.5, 0.6) is 0 Å². The van der Waals surface area contributed by atoms with Gasteiger partial charge in [0.15, 0.2) is 0 Å². The van der Waals surface area contributed by atoms with Gasteiger partial charge in [-0.15, -0.1) is 0 Å². The first-order valence-electron chi connectivity index (χ1n) is 21.3. The number of aliphatic hydroxyl groups is 1. The Balaban J connectivity index is 2.00. The molecule has 9 atom stereocenters. The van der Waals surface area contributed by atoms with Gasteiger partial charge in [0.1, 0.15) is 42.3 Å². The van der Waals surface area contributed by atoms with Crippen LogP contribution in [0.15, 0.2) is 0 Å². The molecule has 61 heavy (non-hydrogen) atoms. The lowest BCUT2D eigenvalue weighted by Gasteiger charge is -2.31. The molecule has 0 spiro atoms. The highest BCUT2D eigenvalue weighted by Gasteiger charge is 2.43. The van der Waals surface area contributed by atoms with Crippen LogP contribution in [0, 0.1) is 11.8 Å². The Labute approximate surface area is 358 Å². The lowest BCUT2D eigenvalue weighted by Crippen LogP contribution is -2.60. The number of aliphatic carboxylic acids is 1. The zero-order chi connectivity index (χ0) is 46.1. The number of nitrogens with two attached hydrogens (primary N) is 2. The third-order valence-electron chi connectivity index (χ3n) is 10.6. The number of carbonyl (C=O) groups excluding carboxylic acids is 8. The number of nitrogens with one attached hydrogen (secondary N) is 6. The number of carbonyl (C=O) groups is 9. The molecule has 21 nitrogen and oxygen atoms in total. The largest absolute Gasteiger partial charge is 0.480 e. The minimum Gasteiger partial charge on any atom is -0.480 e. The Morgan fingerprint density at radius 1 is 0.656 bits per heavy atom. The fourth-order valence-electron chi connectivity index (χ4n) is 7.24. The summed E-state index contributed by atoms with van der Waals surface area (Å²) in [6.07, 6.45) is 2.36. The summed E-state index contributed by atoms with van der Waals surface area (Å²) in [4.78, 5) is 120. The fraction of sp³-hybridized carbons (Fsp3) is 0.775. The van der Waals surface area contributed by atoms with E-state index in [2.05, 4.69) is 31.9 Å². The summed E-state index contributed by atoms with van der Waals surface area (Å²) < 4.78 is 0. The van der Waals surface area contributed by atoms with Gasteiger partial charge in [0, 0.05) is 13.1 Å². The Hall–Kier alpha value is -4.89. The van der Waals surface area contributed by atoms with Gasteiger partial charge in [0.2, 0.25) is 47.3 Å². The van der Waals surface area contributed by atoms with Crippen LogP contribution in [0.25, 0.3) is 0 Å². The molecule has 0 aromatic carbocycles. The van der Waals surface area contributed by atoms with Crippen LogP contribution in [0.2, 0.25) is 0 Å². The number of likely N-dealkylation sites (tertiary alicyclic amines) is 2. The summed E-state index contributed by atoms with van der Waals surface area (Å²) in [5.74, 6) is -6.65. The average Bonchev–Trinajstić information content (AvgIpc) is 3.88. The van der Waals surface area contributed by atoms with Crippen molar-refractivity contribution >= 4 is 53.2 Å². The maximum atomic E-state index is 13.8. The van der Waals surface area contributed by atoms with Gasteiger partial charge in [0.05, 0.1) is 18.7 Å². The second kappa shape index (κ2) is 25.1. The average molecular weight is 867 g/mol. The molecule has 21 heteroatoms. The normalized spacial score (nSPS) is 19.8. The van der Waals surface area contributed by atoms with Crippen molar-refractivity contribution in [1.82, 2.24) is 41.7 Å². The van der Waals surface area contributed by atoms with E-state index in [0.29, 0.717) is 51.6 Å². The van der Waals surface area contributed by atoms with Crippen LogP contribution in [0.1, 0.15) is 106 Å². The molecule has 0 unspecified atom stereocenters. The zero-order valence-electron chi connectivity index (χ0n) is 36.7. The Morgan fingerprint density at radius 2 is 1.20 bits per heavy atom. The summed E-state index contributed by atoms with van der Waals surface area (Å²) >= 11 is 0. The number of unbranched alkanes of at least 4 members (excludes halogenated alkanes) is 1. The van der Waals surface area contributed by atoms with E-state index < -0.39 is 108 Å². The van der Waals surface area contributed by atoms with Gasteiger partial charge >= 0.3 is 5.97 Å². The van der Waals surface area contributed by atoms with Gasteiger partial charge in [0.25, 0.3) is 0 Å². The molecule has 8 amide bonds. The van der Waals surface area contributed by atoms with E-state index in [-0.39, 0.29) is 37.8 Å². The summed E-state index contributed by atoms with van der Waals surface area (Å²) in [6.45, 7) is 11.9. The predicted octanol–water partition coefficient (Wildman–Crippen LogP) is -2.44. The summed E-state index contributed by atoms with van der Waals surface area (Å²) in [6, 6.07) is -8.91. The minimum atomic E-state index is -1.54. The molecule has 2 aliphatic rings. The molecule has 0 aromatic heterocycles. The molecule has 2 rings (SSSR count). The number of hydrogen-bond acceptors (Lipinski definition) is 12. The van der Waals surface area contributed by atoms with E-state index in [1.54, 1.807) is 27.7 Å². The first-order valence-corrected chi connectivity index (χ1v) is 21.3. The maximum absolute atomic E-state index is 13.8. The summed E-state index contributed by atoms with van der Waals surface area (Å²) in [5, 5.41) is 34.9. The number of carboxylic acid groups (broad SMARTS) is 1. The van der Waals surface area contributed by atoms with Crippen LogP contribution >= 0.6 is 0 Å². The molecule has 346 valence electrons. The van der Waals surface area contributed by atoms with Gasteiger partial charge in [-0.05, 0) is 90.5 Å². The SMILES string of the molecule is CC(C)C[C@H](NC(=O)[C@@H](NC(=O)[C@H](CC(C)C)NC(=O)[C@H](C)NC(=O)[C@H](C)NC(=O)[C@@H]1CCCN1C(=O)[C@@H]1CCCN1C(=O)CNC(=O)[C@@H](N)CCCCN)[C@@H](C)O)C(=O)O. The van der Waals surface area contributed by atoms with Crippen molar-refractivity contribution in [2.24, 2.45) is 23.3 Å². The van der Waals surface area contributed by atoms with Crippen LogP contribution in [-0.4, -0.2) is 154 Å². The second-order valence-electron chi connectivity index (χ2n) is 17.0. The number of hydrogen-bond donors (Lipinski definition) is 10. The molecule has 0 saturated carbocycles. The number of nitrogens with zero attached hydrogens (tertiary/aromatic N) is 2. The van der Waals surface area contributed by atoms with Crippen LogP contribution < -0.4 is 43.4 Å². The monoisotopic (exact) mass is 867 g/mol. The second-order valence-corrected chi connectivity index (χ2v) is 17.0. The van der Waals surface area contributed by atoms with E-state index in [0.717, 1.165) is 6.42 Å². The first-order chi connectivity index (χ1) is 28.6. The third-order valence-corrected chi connectivity index (χ3v) is 10.6. The highest BCUT2D eigenvalue weighted by atomic mass is 16.4. The molecule has 2 heterocycles. The first kappa shape index (κ1) is 52.2. The Morgan fingerprint density at radius 3 is 1.77 bits per heavy atom. The smallest absolute Gasteiger partial charge is 0.326 e. The van der Waals surface area contributed by atoms with Gasteiger partial charge in [-0.1, -0.05) is 34.1 Å². The number of rotatable bonds is 24. The van der Waals surface area contributed by atoms with Crippen LogP contribution in [-0.2, 0) is 43.2 Å². The number of aliphatic hydroxyl groups excluding tert-OH is 1. The zero-order valence-corrected chi connectivity index (χ0v) is 36.7. The topological polar surface area (TPSA) is 325 Å². The number of carboxylic acids is 1. The van der Waals surface area contributed by atoms with Crippen LogP contribution in [0.4, 0.5) is 0 Å². The van der Waals surface area contributed by atoms with Crippen molar-refractivity contribution in [3.05, 3.63) is 0 Å². The van der Waals surface area contributed by atoms with Crippen molar-refractivity contribution < 1.29 is 53.4 Å². The minimum absolute atomic E-state index is 0.0769. The van der Waals surface area contributed by atoms with E-state index in [1.165, 1.54) is 30.6 Å². The third kappa shape index (κ3) is 16.5. The lowest BCUT2D eigenvalue weighted by atomic mass is 10.0. The molecule has 2 aliphatic heterocycles. The molecule has 0 aromatic rings. The molecule has 0 aliphatic carbocycles. The van der Waals surface area contributed by atoms with Crippen LogP contribution in [0.3, 0.4) is 0 Å². The van der Waals surface area contributed by atoms with E-state index in [1.807, 2.05) is 0 Å². The quantitative estimate of drug-likeness (QED) is 0.0452. The van der Waals surface area contributed by atoms with Gasteiger partial charge in [-0.2, -0.15) is 0 Å². The van der Waals surface area contributed by atoms with Crippen molar-refractivity contribution in [1.29, 1.82) is 0 Å². The standard InChI is InChI=1S/C40H70N10O11/c1-21(2)18-27(36(56)48-32(25(7)51)38(58)47-28(40(60)61)19-22(3)4)46-34(54)24(6)44-33(53)23(5)45-37(57)29-13-10-17-50(29)39(59)30-14-11-16-49(30)31(52)20-43-35(55)26(42)12-8-9-15-41/h21-30,32,51H,8-20,41-42H2,1-7H3,(H,43,55)(H,44,53)(H,45,57)(H,46,54)(H,47,58)(H,48,56)(H,60,61)/t23-,24-,25+,26-,27-,28-,29-,30-,32-/m0/s1. The van der Waals surface area contributed by atoms with E-state index >= 15 is 0 Å². The fourth-order valence-corrected chi connectivity index (χ4v) is 7.24. The Kier molecular flexibility index (Phi) is 21.5. The maximum Gasteiger partial charge on any atom is 0.326 e. The highest BCUT2D eigenvalue weighted by molar-refractivity contribution is 5.98. The molecule has 0 bridgehead atoms. The molecular weight excluding hydrogens is 796 g/mol. The van der Waals surface area contributed by atoms with Gasteiger partial charge in [-0.25, -0.2) is 4.79 Å². The summed E-state index contributed by atoms with van der Waals surface area (Å²) in [7, 11) is 0.